The van der Waals surface area contributed by atoms with E-state index in [0.717, 1.165) is 44.1 Å². The Morgan fingerprint density at radius 1 is 1.53 bits per heavy atom. The van der Waals surface area contributed by atoms with Gasteiger partial charge in [0.1, 0.15) is 0 Å². The summed E-state index contributed by atoms with van der Waals surface area (Å²) >= 11 is 0. The van der Waals surface area contributed by atoms with E-state index in [9.17, 15) is 0 Å². The first-order valence-electron chi connectivity index (χ1n) is 6.67. The Labute approximate surface area is 103 Å². The van der Waals surface area contributed by atoms with Crippen LogP contribution in [-0.4, -0.2) is 29.5 Å². The molecule has 0 aliphatic heterocycles. The highest BCUT2D eigenvalue weighted by molar-refractivity contribution is 5.25. The summed E-state index contributed by atoms with van der Waals surface area (Å²) < 4.78 is 7.44. The lowest BCUT2D eigenvalue weighted by Crippen LogP contribution is -2.18. The molecule has 1 aliphatic carbocycles. The maximum absolute atomic E-state index is 5.36. The molecule has 1 fully saturated rings. The molecular weight excluding hydrogens is 214 g/mol. The fourth-order valence-electron chi connectivity index (χ4n) is 2.07. The van der Waals surface area contributed by atoms with Gasteiger partial charge in [-0.1, -0.05) is 6.92 Å². The predicted octanol–water partition coefficient (Wildman–Crippen LogP) is 1.99. The van der Waals surface area contributed by atoms with Gasteiger partial charge in [0.15, 0.2) is 5.75 Å². The van der Waals surface area contributed by atoms with Crippen molar-refractivity contribution in [2.45, 2.75) is 51.6 Å². The monoisotopic (exact) mass is 237 g/mol. The van der Waals surface area contributed by atoms with Gasteiger partial charge in [0, 0.05) is 12.6 Å². The number of rotatable bonds is 8. The highest BCUT2D eigenvalue weighted by Crippen LogP contribution is 2.21. The molecule has 0 unspecified atom stereocenters. The molecule has 0 bridgehead atoms. The summed E-state index contributed by atoms with van der Waals surface area (Å²) in [6, 6.07) is 0.803. The number of aryl methyl sites for hydroxylation is 1. The van der Waals surface area contributed by atoms with Crippen molar-refractivity contribution >= 4 is 0 Å². The van der Waals surface area contributed by atoms with Crippen LogP contribution < -0.4 is 10.1 Å². The summed E-state index contributed by atoms with van der Waals surface area (Å²) in [4.78, 5) is 0. The van der Waals surface area contributed by atoms with Gasteiger partial charge in [-0.15, -0.1) is 0 Å². The van der Waals surface area contributed by atoms with Crippen LogP contribution in [0, 0.1) is 0 Å². The number of aromatic nitrogens is 2. The van der Waals surface area contributed by atoms with Gasteiger partial charge in [0.25, 0.3) is 0 Å². The largest absolute Gasteiger partial charge is 0.493 e. The van der Waals surface area contributed by atoms with Crippen molar-refractivity contribution < 1.29 is 4.74 Å². The quantitative estimate of drug-likeness (QED) is 0.703. The predicted molar refractivity (Wildman–Crippen MR) is 68.4 cm³/mol. The van der Waals surface area contributed by atoms with Gasteiger partial charge in [-0.25, -0.2) is 0 Å². The molecule has 2 rings (SSSR count). The Hall–Kier alpha value is -1.03. The second-order valence-electron chi connectivity index (χ2n) is 4.71. The summed E-state index contributed by atoms with van der Waals surface area (Å²) in [7, 11) is 1.72. The molecule has 1 heterocycles. The van der Waals surface area contributed by atoms with Crippen molar-refractivity contribution in [3.8, 4) is 5.75 Å². The molecule has 17 heavy (non-hydrogen) atoms. The zero-order valence-electron chi connectivity index (χ0n) is 10.9. The Morgan fingerprint density at radius 2 is 2.35 bits per heavy atom. The molecule has 0 saturated heterocycles. The van der Waals surface area contributed by atoms with E-state index >= 15 is 0 Å². The number of methoxy groups -OCH3 is 1. The highest BCUT2D eigenvalue weighted by Gasteiger charge is 2.19. The minimum absolute atomic E-state index is 0.803. The van der Waals surface area contributed by atoms with Crippen LogP contribution >= 0.6 is 0 Å². The summed E-state index contributed by atoms with van der Waals surface area (Å²) in [5, 5.41) is 7.91. The van der Waals surface area contributed by atoms with Crippen LogP contribution in [0.1, 0.15) is 38.3 Å². The van der Waals surface area contributed by atoms with Gasteiger partial charge in [-0.2, -0.15) is 5.10 Å². The minimum Gasteiger partial charge on any atom is -0.493 e. The lowest BCUT2D eigenvalue weighted by Gasteiger charge is -2.08. The molecule has 4 heteroatoms. The van der Waals surface area contributed by atoms with Gasteiger partial charge in [-0.3, -0.25) is 4.68 Å². The number of nitrogens with one attached hydrogen (secondary N) is 1. The van der Waals surface area contributed by atoms with Crippen LogP contribution in [0.5, 0.6) is 5.75 Å². The third kappa shape index (κ3) is 3.46. The van der Waals surface area contributed by atoms with E-state index in [4.69, 9.17) is 4.74 Å². The Bertz CT molecular complexity index is 344. The zero-order chi connectivity index (χ0) is 12.1. The summed E-state index contributed by atoms with van der Waals surface area (Å²) in [6.45, 7) is 4.26. The Balaban J connectivity index is 1.84. The molecule has 1 N–H and O–H groups in total. The molecule has 1 saturated carbocycles. The average Bonchev–Trinajstić information content (AvgIpc) is 3.08. The van der Waals surface area contributed by atoms with Crippen LogP contribution in [0.15, 0.2) is 6.20 Å². The van der Waals surface area contributed by atoms with Crippen molar-refractivity contribution in [1.82, 2.24) is 15.1 Å². The van der Waals surface area contributed by atoms with Crippen molar-refractivity contribution in [2.75, 3.05) is 13.7 Å². The van der Waals surface area contributed by atoms with Crippen molar-refractivity contribution in [3.63, 3.8) is 0 Å². The first kappa shape index (κ1) is 12.4. The van der Waals surface area contributed by atoms with E-state index < -0.39 is 0 Å². The minimum atomic E-state index is 0.803. The molecule has 0 amide bonds. The first-order chi connectivity index (χ1) is 8.35. The second kappa shape index (κ2) is 6.05. The smallest absolute Gasteiger partial charge is 0.159 e. The van der Waals surface area contributed by atoms with Crippen LogP contribution in [0.2, 0.25) is 0 Å². The molecule has 0 spiro atoms. The molecule has 1 aliphatic rings. The Morgan fingerprint density at radius 3 is 3.00 bits per heavy atom. The van der Waals surface area contributed by atoms with Gasteiger partial charge >= 0.3 is 0 Å². The molecule has 0 atom stereocenters. The highest BCUT2D eigenvalue weighted by atomic mass is 16.5. The van der Waals surface area contributed by atoms with Gasteiger partial charge in [0.05, 0.1) is 19.0 Å². The van der Waals surface area contributed by atoms with Crippen LogP contribution in [0.25, 0.3) is 0 Å². The third-order valence-corrected chi connectivity index (χ3v) is 3.17. The van der Waals surface area contributed by atoms with E-state index in [0.29, 0.717) is 0 Å². The maximum Gasteiger partial charge on any atom is 0.159 e. The van der Waals surface area contributed by atoms with E-state index in [1.54, 1.807) is 7.11 Å². The topological polar surface area (TPSA) is 39.1 Å². The van der Waals surface area contributed by atoms with E-state index in [-0.39, 0.29) is 0 Å². The number of nitrogens with zero attached hydrogens (tertiary/aromatic N) is 2. The van der Waals surface area contributed by atoms with Crippen LogP contribution in [0.3, 0.4) is 0 Å². The van der Waals surface area contributed by atoms with E-state index in [2.05, 4.69) is 22.0 Å². The zero-order valence-corrected chi connectivity index (χ0v) is 10.9. The molecule has 1 aromatic rings. The van der Waals surface area contributed by atoms with Gasteiger partial charge in [-0.05, 0) is 38.6 Å². The van der Waals surface area contributed by atoms with Crippen molar-refractivity contribution in [3.05, 3.63) is 11.9 Å². The van der Waals surface area contributed by atoms with Crippen LogP contribution in [0.4, 0.5) is 0 Å². The molecule has 1 aromatic heterocycles. The third-order valence-electron chi connectivity index (χ3n) is 3.17. The van der Waals surface area contributed by atoms with E-state index in [1.165, 1.54) is 18.5 Å². The summed E-state index contributed by atoms with van der Waals surface area (Å²) in [6.07, 6.45) is 7.86. The first-order valence-corrected chi connectivity index (χ1v) is 6.67. The normalized spacial score (nSPS) is 15.2. The molecular formula is C13H23N3O. The lowest BCUT2D eigenvalue weighted by molar-refractivity contribution is 0.405. The van der Waals surface area contributed by atoms with Crippen LogP contribution in [-0.2, 0) is 13.0 Å². The average molecular weight is 237 g/mol. The SMILES string of the molecule is CCCn1ncc(OC)c1CCCNC1CC1. The summed E-state index contributed by atoms with van der Waals surface area (Å²) in [5.41, 5.74) is 1.24. The number of hydrogen-bond donors (Lipinski definition) is 1. The van der Waals surface area contributed by atoms with Crippen molar-refractivity contribution in [2.24, 2.45) is 0 Å². The van der Waals surface area contributed by atoms with Crippen molar-refractivity contribution in [1.29, 1.82) is 0 Å². The Kier molecular flexibility index (Phi) is 4.42. The lowest BCUT2D eigenvalue weighted by atomic mass is 10.2. The molecule has 0 radical (unpaired) electrons. The fraction of sp³-hybridized carbons (Fsp3) is 0.769. The standard InChI is InChI=1S/C13H23N3O/c1-3-9-16-12(13(17-2)10-15-16)5-4-8-14-11-6-7-11/h10-11,14H,3-9H2,1-2H3. The molecule has 96 valence electrons. The number of ether oxygens (including phenoxy) is 1. The maximum atomic E-state index is 5.36. The second-order valence-corrected chi connectivity index (χ2v) is 4.71. The number of hydrogen-bond acceptors (Lipinski definition) is 3. The van der Waals surface area contributed by atoms with Gasteiger partial charge in [0.2, 0.25) is 0 Å². The van der Waals surface area contributed by atoms with Gasteiger partial charge < -0.3 is 10.1 Å². The molecule has 0 aromatic carbocycles. The summed E-state index contributed by atoms with van der Waals surface area (Å²) in [5.74, 6) is 0.935. The molecule has 4 nitrogen and oxygen atoms in total. The van der Waals surface area contributed by atoms with E-state index in [1.807, 2.05) is 6.20 Å². The fourth-order valence-corrected chi connectivity index (χ4v) is 2.07.